The van der Waals surface area contributed by atoms with E-state index in [2.05, 4.69) is 203 Å². The second kappa shape index (κ2) is 64.0. The minimum atomic E-state index is -0.815. The maximum atomic E-state index is 12.8. The summed E-state index contributed by atoms with van der Waals surface area (Å²) < 4.78 is 16.7. The van der Waals surface area contributed by atoms with Gasteiger partial charge < -0.3 is 14.2 Å². The Bertz CT molecular complexity index is 1850. The number of rotatable bonds is 53. The monoisotopic (exact) mass is 1070 g/mol. The van der Waals surface area contributed by atoms with Gasteiger partial charge in [-0.3, -0.25) is 14.4 Å². The third-order valence-corrected chi connectivity index (χ3v) is 12.2. The van der Waals surface area contributed by atoms with E-state index in [1.165, 1.54) is 19.3 Å². The minimum absolute atomic E-state index is 0.109. The zero-order valence-corrected chi connectivity index (χ0v) is 49.6. The lowest BCUT2D eigenvalue weighted by Gasteiger charge is -2.18. The summed E-state index contributed by atoms with van der Waals surface area (Å²) in [6, 6.07) is 0. The Balaban J connectivity index is 4.32. The molecule has 6 nitrogen and oxygen atoms in total. The SMILES string of the molecule is CC/C=C\C/C=C\C/C=C\C/C=C\C/C=C\C/C=C\C/C=C\C/C=C\CCCCC(=O)OCC(COC(=O)CCCCCCCC)OC(=O)CCCCCCC/C=C\C/C=C\C/C=C\C/C=C\C/C=C\C/C=C\C/C=C\CC. The van der Waals surface area contributed by atoms with Crippen LogP contribution in [0, 0.1) is 0 Å². The molecule has 0 aliphatic heterocycles. The average molecular weight is 1070 g/mol. The van der Waals surface area contributed by atoms with Crippen LogP contribution in [-0.4, -0.2) is 37.2 Å². The molecule has 1 atom stereocenters. The van der Waals surface area contributed by atoms with E-state index in [0.717, 1.165) is 167 Å². The molecule has 0 aromatic rings. The summed E-state index contributed by atoms with van der Waals surface area (Å²) in [5, 5.41) is 0. The maximum absolute atomic E-state index is 12.8. The maximum Gasteiger partial charge on any atom is 0.306 e. The van der Waals surface area contributed by atoms with Crippen LogP contribution in [0.1, 0.15) is 233 Å². The van der Waals surface area contributed by atoms with Gasteiger partial charge in [0.15, 0.2) is 6.10 Å². The second-order valence-corrected chi connectivity index (χ2v) is 19.5. The van der Waals surface area contributed by atoms with Crippen molar-refractivity contribution in [3.63, 3.8) is 0 Å². The molecule has 0 aliphatic rings. The minimum Gasteiger partial charge on any atom is -0.462 e. The van der Waals surface area contributed by atoms with Crippen molar-refractivity contribution in [3.05, 3.63) is 182 Å². The lowest BCUT2D eigenvalue weighted by molar-refractivity contribution is -0.167. The van der Waals surface area contributed by atoms with Gasteiger partial charge in [-0.15, -0.1) is 0 Å². The first-order valence-corrected chi connectivity index (χ1v) is 30.8. The molecule has 0 amide bonds. The Hall–Kier alpha value is -5.49. The molecule has 0 spiro atoms. The molecule has 0 saturated carbocycles. The van der Waals surface area contributed by atoms with E-state index in [0.29, 0.717) is 12.8 Å². The van der Waals surface area contributed by atoms with Gasteiger partial charge in [0.05, 0.1) is 0 Å². The van der Waals surface area contributed by atoms with Crippen molar-refractivity contribution in [2.45, 2.75) is 239 Å². The molecular weight excluding hydrogens is 961 g/mol. The van der Waals surface area contributed by atoms with E-state index in [4.69, 9.17) is 14.2 Å². The number of unbranched alkanes of at least 4 members (excludes halogenated alkanes) is 12. The zero-order valence-electron chi connectivity index (χ0n) is 49.6. The summed E-state index contributed by atoms with van der Waals surface area (Å²) in [5.74, 6) is -0.996. The molecule has 0 aromatic heterocycles. The third-order valence-electron chi connectivity index (χ3n) is 12.2. The molecule has 0 bridgehead atoms. The average Bonchev–Trinajstić information content (AvgIpc) is 3.44. The normalized spacial score (nSPS) is 13.4. The molecule has 0 aliphatic carbocycles. The predicted molar refractivity (Wildman–Crippen MR) is 338 cm³/mol. The van der Waals surface area contributed by atoms with Crippen molar-refractivity contribution < 1.29 is 28.6 Å². The molecule has 78 heavy (non-hydrogen) atoms. The van der Waals surface area contributed by atoms with E-state index >= 15 is 0 Å². The molecule has 1 unspecified atom stereocenters. The lowest BCUT2D eigenvalue weighted by Crippen LogP contribution is -2.30. The van der Waals surface area contributed by atoms with E-state index < -0.39 is 6.10 Å². The van der Waals surface area contributed by atoms with Crippen LogP contribution in [0.4, 0.5) is 0 Å². The lowest BCUT2D eigenvalue weighted by atomic mass is 10.1. The van der Waals surface area contributed by atoms with Gasteiger partial charge >= 0.3 is 17.9 Å². The van der Waals surface area contributed by atoms with Crippen LogP contribution in [0.2, 0.25) is 0 Å². The molecule has 434 valence electrons. The van der Waals surface area contributed by atoms with Gasteiger partial charge in [0.2, 0.25) is 0 Å². The van der Waals surface area contributed by atoms with Crippen LogP contribution in [0.15, 0.2) is 182 Å². The summed E-state index contributed by atoms with van der Waals surface area (Å²) in [4.78, 5) is 38.0. The van der Waals surface area contributed by atoms with Crippen LogP contribution < -0.4 is 0 Å². The first-order chi connectivity index (χ1) is 38.5. The Morgan fingerprint density at radius 2 is 0.500 bits per heavy atom. The van der Waals surface area contributed by atoms with Gasteiger partial charge in [-0.25, -0.2) is 0 Å². The van der Waals surface area contributed by atoms with Gasteiger partial charge in [-0.1, -0.05) is 254 Å². The number of hydrogen-bond acceptors (Lipinski definition) is 6. The smallest absolute Gasteiger partial charge is 0.306 e. The summed E-state index contributed by atoms with van der Waals surface area (Å²) in [5.41, 5.74) is 0. The Morgan fingerprint density at radius 1 is 0.269 bits per heavy atom. The first-order valence-electron chi connectivity index (χ1n) is 30.8. The van der Waals surface area contributed by atoms with E-state index in [9.17, 15) is 14.4 Å². The van der Waals surface area contributed by atoms with Gasteiger partial charge in [-0.05, 0) is 141 Å². The highest BCUT2D eigenvalue weighted by Gasteiger charge is 2.19. The van der Waals surface area contributed by atoms with Crippen molar-refractivity contribution in [1.29, 1.82) is 0 Å². The summed E-state index contributed by atoms with van der Waals surface area (Å²) in [6.45, 7) is 6.27. The second-order valence-electron chi connectivity index (χ2n) is 19.5. The topological polar surface area (TPSA) is 78.9 Å². The van der Waals surface area contributed by atoms with Crippen molar-refractivity contribution in [3.8, 4) is 0 Å². The molecule has 0 fully saturated rings. The molecule has 0 rings (SSSR count). The van der Waals surface area contributed by atoms with Crippen molar-refractivity contribution in [1.82, 2.24) is 0 Å². The van der Waals surface area contributed by atoms with Gasteiger partial charge in [0.1, 0.15) is 13.2 Å². The first kappa shape index (κ1) is 72.5. The standard InChI is InChI=1S/C72H110O6/c1-4-7-10-13-16-18-20-22-24-26-28-30-32-34-36-38-40-42-44-46-48-50-52-54-56-59-62-65-71(74)77-68-69(67-76-70(73)64-61-58-15-12-9-6-3)78-72(75)66-63-60-57-55-53-51-49-47-45-43-41-39-37-35-33-31-29-27-25-23-21-19-17-14-11-8-5-2/h7-8,10-11,16-19,22-25,28-31,34-37,40-43,46-49,52,54,69H,4-6,9,12-15,20-21,26-27,32-33,38-39,44-45,50-51,53,55-68H2,1-3H3/b10-7-,11-8-,18-16-,19-17-,24-22-,25-23-,30-28-,31-29-,36-34-,37-35-,42-40-,43-41-,48-46-,49-47-,54-52-. The zero-order chi connectivity index (χ0) is 56.4. The highest BCUT2D eigenvalue weighted by molar-refractivity contribution is 5.71. The molecule has 6 heteroatoms. The van der Waals surface area contributed by atoms with Crippen LogP contribution in [0.25, 0.3) is 0 Å². The molecule has 0 radical (unpaired) electrons. The highest BCUT2D eigenvalue weighted by atomic mass is 16.6. The molecule has 0 heterocycles. The van der Waals surface area contributed by atoms with Crippen LogP contribution >= 0.6 is 0 Å². The number of carbonyl (C=O) groups is 3. The van der Waals surface area contributed by atoms with Gasteiger partial charge in [0, 0.05) is 19.3 Å². The fraction of sp³-hybridized carbons (Fsp3) is 0.542. The number of hydrogen-bond donors (Lipinski definition) is 0. The third kappa shape index (κ3) is 61.4. The van der Waals surface area contributed by atoms with E-state index in [-0.39, 0.29) is 44.0 Å². The molecule has 0 aromatic carbocycles. The summed E-state index contributed by atoms with van der Waals surface area (Å²) in [7, 11) is 0. The molecular formula is C72H110O6. The summed E-state index contributed by atoms with van der Waals surface area (Å²) >= 11 is 0. The highest BCUT2D eigenvalue weighted by Crippen LogP contribution is 2.12. The van der Waals surface area contributed by atoms with Crippen molar-refractivity contribution in [2.24, 2.45) is 0 Å². The Kier molecular flexibility index (Phi) is 59.5. The fourth-order valence-electron chi connectivity index (χ4n) is 7.61. The number of ether oxygens (including phenoxy) is 3. The van der Waals surface area contributed by atoms with Crippen molar-refractivity contribution >= 4 is 17.9 Å². The number of esters is 3. The van der Waals surface area contributed by atoms with Crippen LogP contribution in [0.3, 0.4) is 0 Å². The Labute approximate surface area is 478 Å². The van der Waals surface area contributed by atoms with E-state index in [1.807, 2.05) is 0 Å². The molecule has 0 saturated heterocycles. The predicted octanol–water partition coefficient (Wildman–Crippen LogP) is 21.3. The van der Waals surface area contributed by atoms with Gasteiger partial charge in [-0.2, -0.15) is 0 Å². The largest absolute Gasteiger partial charge is 0.462 e. The van der Waals surface area contributed by atoms with Crippen LogP contribution in [-0.2, 0) is 28.6 Å². The van der Waals surface area contributed by atoms with Crippen molar-refractivity contribution in [2.75, 3.05) is 13.2 Å². The number of carbonyl (C=O) groups excluding carboxylic acids is 3. The quantitative estimate of drug-likeness (QED) is 0.0261. The fourth-order valence-corrected chi connectivity index (χ4v) is 7.61. The van der Waals surface area contributed by atoms with E-state index in [1.54, 1.807) is 0 Å². The van der Waals surface area contributed by atoms with Crippen LogP contribution in [0.5, 0.6) is 0 Å². The Morgan fingerprint density at radius 3 is 0.808 bits per heavy atom. The van der Waals surface area contributed by atoms with Gasteiger partial charge in [0.25, 0.3) is 0 Å². The number of allylic oxidation sites excluding steroid dienone is 30. The summed E-state index contributed by atoms with van der Waals surface area (Å²) in [6.07, 6.45) is 96.4. The molecule has 0 N–H and O–H groups in total.